The van der Waals surface area contributed by atoms with Crippen LogP contribution in [0.1, 0.15) is 31.5 Å². The number of carbonyl (C=O) groups is 1. The SMILES string of the molecule is CCN(CC(=O)NC)c1cc(Br)nc(C2CC2)n1. The fourth-order valence-corrected chi connectivity index (χ4v) is 2.10. The van der Waals surface area contributed by atoms with Gasteiger partial charge in [-0.15, -0.1) is 0 Å². The van der Waals surface area contributed by atoms with Crippen LogP contribution in [0.3, 0.4) is 0 Å². The second-order valence-corrected chi connectivity index (χ2v) is 5.18. The summed E-state index contributed by atoms with van der Waals surface area (Å²) in [6.45, 7) is 3.07. The molecule has 0 unspecified atom stereocenters. The van der Waals surface area contributed by atoms with E-state index in [1.54, 1.807) is 7.05 Å². The smallest absolute Gasteiger partial charge is 0.239 e. The first-order chi connectivity index (χ1) is 8.63. The number of anilines is 1. The molecular formula is C12H17BrN4O. The van der Waals surface area contributed by atoms with Crippen molar-refractivity contribution in [1.29, 1.82) is 0 Å². The normalized spacial score (nSPS) is 14.4. The summed E-state index contributed by atoms with van der Waals surface area (Å²) in [6, 6.07) is 1.86. The van der Waals surface area contributed by atoms with Crippen molar-refractivity contribution >= 4 is 27.7 Å². The number of carbonyl (C=O) groups excluding carboxylic acids is 1. The number of rotatable bonds is 5. The highest BCUT2D eigenvalue weighted by Crippen LogP contribution is 2.39. The standard InChI is InChI=1S/C12H17BrN4O/c1-3-17(7-11(18)14-2)10-6-9(13)15-12(16-10)8-4-5-8/h6,8H,3-5,7H2,1-2H3,(H,14,18). The van der Waals surface area contributed by atoms with Crippen LogP contribution in [0.4, 0.5) is 5.82 Å². The molecule has 0 aliphatic heterocycles. The molecule has 0 spiro atoms. The summed E-state index contributed by atoms with van der Waals surface area (Å²) in [5.41, 5.74) is 0. The van der Waals surface area contributed by atoms with Crippen molar-refractivity contribution in [1.82, 2.24) is 15.3 Å². The number of nitrogens with zero attached hydrogens (tertiary/aromatic N) is 3. The molecule has 1 aromatic heterocycles. The Balaban J connectivity index is 2.21. The molecule has 0 atom stereocenters. The van der Waals surface area contributed by atoms with Crippen LogP contribution < -0.4 is 10.2 Å². The first-order valence-electron chi connectivity index (χ1n) is 6.14. The van der Waals surface area contributed by atoms with Gasteiger partial charge in [0, 0.05) is 25.6 Å². The zero-order valence-electron chi connectivity index (χ0n) is 10.6. The Labute approximate surface area is 115 Å². The van der Waals surface area contributed by atoms with Gasteiger partial charge in [0.2, 0.25) is 5.91 Å². The number of halogens is 1. The number of hydrogen-bond acceptors (Lipinski definition) is 4. The van der Waals surface area contributed by atoms with E-state index in [0.717, 1.165) is 35.6 Å². The molecule has 0 aromatic carbocycles. The van der Waals surface area contributed by atoms with Crippen LogP contribution in [-0.2, 0) is 4.79 Å². The number of hydrogen-bond donors (Lipinski definition) is 1. The zero-order valence-corrected chi connectivity index (χ0v) is 12.2. The minimum absolute atomic E-state index is 0.0143. The second-order valence-electron chi connectivity index (χ2n) is 4.37. The molecule has 6 heteroatoms. The van der Waals surface area contributed by atoms with Gasteiger partial charge < -0.3 is 10.2 Å². The molecule has 2 rings (SSSR count). The predicted molar refractivity (Wildman–Crippen MR) is 73.7 cm³/mol. The number of amides is 1. The molecule has 1 aliphatic rings. The van der Waals surface area contributed by atoms with E-state index in [1.165, 1.54) is 0 Å². The van der Waals surface area contributed by atoms with Gasteiger partial charge in [0.1, 0.15) is 16.2 Å². The third-order valence-corrected chi connectivity index (χ3v) is 3.37. The van der Waals surface area contributed by atoms with Crippen LogP contribution in [0, 0.1) is 0 Å². The lowest BCUT2D eigenvalue weighted by molar-refractivity contribution is -0.119. The molecule has 5 nitrogen and oxygen atoms in total. The van der Waals surface area contributed by atoms with Gasteiger partial charge in [0.05, 0.1) is 6.54 Å². The highest BCUT2D eigenvalue weighted by Gasteiger charge is 2.27. The summed E-state index contributed by atoms with van der Waals surface area (Å²) in [5, 5.41) is 2.63. The molecule has 1 aliphatic carbocycles. The Kier molecular flexibility index (Phi) is 4.16. The van der Waals surface area contributed by atoms with Crippen molar-refractivity contribution < 1.29 is 4.79 Å². The van der Waals surface area contributed by atoms with Crippen LogP contribution in [0.15, 0.2) is 10.7 Å². The van der Waals surface area contributed by atoms with Crippen LogP contribution in [-0.4, -0.2) is 36.0 Å². The Morgan fingerprint density at radius 1 is 1.56 bits per heavy atom. The minimum atomic E-state index is -0.0143. The lowest BCUT2D eigenvalue weighted by Crippen LogP contribution is -2.36. The van der Waals surface area contributed by atoms with Crippen LogP contribution in [0.2, 0.25) is 0 Å². The van der Waals surface area contributed by atoms with Crippen molar-refractivity contribution in [2.75, 3.05) is 25.0 Å². The third-order valence-electron chi connectivity index (χ3n) is 2.96. The second kappa shape index (κ2) is 5.65. The Bertz CT molecular complexity index is 448. The van der Waals surface area contributed by atoms with Gasteiger partial charge in [-0.25, -0.2) is 9.97 Å². The molecule has 0 bridgehead atoms. The fraction of sp³-hybridized carbons (Fsp3) is 0.583. The van der Waals surface area contributed by atoms with E-state index < -0.39 is 0 Å². The molecule has 18 heavy (non-hydrogen) atoms. The van der Waals surface area contributed by atoms with E-state index in [2.05, 4.69) is 31.2 Å². The van der Waals surface area contributed by atoms with Crippen molar-refractivity contribution in [3.63, 3.8) is 0 Å². The van der Waals surface area contributed by atoms with Crippen molar-refractivity contribution in [3.8, 4) is 0 Å². The molecular weight excluding hydrogens is 296 g/mol. The number of nitrogens with one attached hydrogen (secondary N) is 1. The lowest BCUT2D eigenvalue weighted by atomic mass is 10.3. The number of likely N-dealkylation sites (N-methyl/N-ethyl adjacent to an activating group) is 2. The highest BCUT2D eigenvalue weighted by atomic mass is 79.9. The third kappa shape index (κ3) is 3.19. The van der Waals surface area contributed by atoms with Gasteiger partial charge in [-0.05, 0) is 35.7 Å². The molecule has 0 saturated heterocycles. The van der Waals surface area contributed by atoms with Crippen molar-refractivity contribution in [3.05, 3.63) is 16.5 Å². The first-order valence-corrected chi connectivity index (χ1v) is 6.93. The van der Waals surface area contributed by atoms with Gasteiger partial charge >= 0.3 is 0 Å². The maximum absolute atomic E-state index is 11.5. The zero-order chi connectivity index (χ0) is 13.1. The monoisotopic (exact) mass is 312 g/mol. The van der Waals surface area contributed by atoms with Gasteiger partial charge in [-0.1, -0.05) is 0 Å². The summed E-state index contributed by atoms with van der Waals surface area (Å²) in [7, 11) is 1.64. The van der Waals surface area contributed by atoms with E-state index in [9.17, 15) is 4.79 Å². The average Bonchev–Trinajstić information content (AvgIpc) is 3.18. The van der Waals surface area contributed by atoms with Gasteiger partial charge in [0.25, 0.3) is 0 Å². The van der Waals surface area contributed by atoms with E-state index in [4.69, 9.17) is 0 Å². The fourth-order valence-electron chi connectivity index (χ4n) is 1.72. The largest absolute Gasteiger partial charge is 0.358 e. The highest BCUT2D eigenvalue weighted by molar-refractivity contribution is 9.10. The summed E-state index contributed by atoms with van der Waals surface area (Å²) in [6.07, 6.45) is 2.33. The van der Waals surface area contributed by atoms with E-state index in [0.29, 0.717) is 12.5 Å². The maximum atomic E-state index is 11.5. The summed E-state index contributed by atoms with van der Waals surface area (Å²) in [4.78, 5) is 22.4. The molecule has 1 N–H and O–H groups in total. The van der Waals surface area contributed by atoms with Gasteiger partial charge in [-0.3, -0.25) is 4.79 Å². The molecule has 0 radical (unpaired) electrons. The summed E-state index contributed by atoms with van der Waals surface area (Å²) in [5.74, 6) is 2.18. The van der Waals surface area contributed by atoms with Gasteiger partial charge in [0.15, 0.2) is 0 Å². The van der Waals surface area contributed by atoms with Crippen molar-refractivity contribution in [2.45, 2.75) is 25.7 Å². The molecule has 1 heterocycles. The molecule has 1 saturated carbocycles. The van der Waals surface area contributed by atoms with Crippen molar-refractivity contribution in [2.24, 2.45) is 0 Å². The van der Waals surface area contributed by atoms with E-state index >= 15 is 0 Å². The topological polar surface area (TPSA) is 58.1 Å². The molecule has 98 valence electrons. The van der Waals surface area contributed by atoms with Crippen LogP contribution >= 0.6 is 15.9 Å². The summed E-state index contributed by atoms with van der Waals surface area (Å²) >= 11 is 3.41. The predicted octanol–water partition coefficient (Wildman–Crippen LogP) is 1.69. The maximum Gasteiger partial charge on any atom is 0.239 e. The minimum Gasteiger partial charge on any atom is -0.358 e. The van der Waals surface area contributed by atoms with Gasteiger partial charge in [-0.2, -0.15) is 0 Å². The average molecular weight is 313 g/mol. The molecule has 1 amide bonds. The van der Waals surface area contributed by atoms with E-state index in [1.807, 2.05) is 17.9 Å². The molecule has 1 fully saturated rings. The van der Waals surface area contributed by atoms with Crippen LogP contribution in [0.25, 0.3) is 0 Å². The Morgan fingerprint density at radius 2 is 2.28 bits per heavy atom. The molecule has 1 aromatic rings. The quantitative estimate of drug-likeness (QED) is 0.841. The number of aromatic nitrogens is 2. The first kappa shape index (κ1) is 13.3. The van der Waals surface area contributed by atoms with Crippen LogP contribution in [0.5, 0.6) is 0 Å². The Morgan fingerprint density at radius 3 is 2.83 bits per heavy atom. The Hall–Kier alpha value is -1.17. The lowest BCUT2D eigenvalue weighted by Gasteiger charge is -2.21. The van der Waals surface area contributed by atoms with E-state index in [-0.39, 0.29) is 5.91 Å². The summed E-state index contributed by atoms with van der Waals surface area (Å²) < 4.78 is 0.782.